The fourth-order valence-electron chi connectivity index (χ4n) is 3.25. The monoisotopic (exact) mass is 316 g/mol. The molecule has 1 aromatic rings. The van der Waals surface area contributed by atoms with Crippen molar-refractivity contribution < 1.29 is 14.3 Å². The lowest BCUT2D eigenvalue weighted by Crippen LogP contribution is -2.49. The van der Waals surface area contributed by atoms with Crippen molar-refractivity contribution in [1.29, 1.82) is 0 Å². The van der Waals surface area contributed by atoms with Crippen LogP contribution in [0, 0.1) is 6.92 Å². The number of benzene rings is 1. The molecule has 0 radical (unpaired) electrons. The number of hydrogen-bond donors (Lipinski definition) is 1. The predicted octanol–water partition coefficient (Wildman–Crippen LogP) is 1.78. The highest BCUT2D eigenvalue weighted by Crippen LogP contribution is 2.22. The van der Waals surface area contributed by atoms with Crippen molar-refractivity contribution in [2.45, 2.75) is 51.2 Å². The van der Waals surface area contributed by atoms with E-state index in [1.165, 1.54) is 5.56 Å². The van der Waals surface area contributed by atoms with Gasteiger partial charge in [0.05, 0.1) is 12.6 Å². The number of carbonyl (C=O) groups excluding carboxylic acids is 2. The van der Waals surface area contributed by atoms with E-state index in [-0.39, 0.29) is 23.9 Å². The molecule has 2 heterocycles. The molecule has 0 spiro atoms. The van der Waals surface area contributed by atoms with E-state index in [1.807, 2.05) is 31.2 Å². The van der Waals surface area contributed by atoms with E-state index >= 15 is 0 Å². The third-order valence-corrected chi connectivity index (χ3v) is 4.61. The predicted molar refractivity (Wildman–Crippen MR) is 86.7 cm³/mol. The number of nitrogens with zero attached hydrogens (tertiary/aromatic N) is 1. The molecule has 1 N–H and O–H groups in total. The SMILES string of the molecule is Cc1ccc(CN2C(=O)CC[C@@H]2C(=O)N[C@H]2CCCOC2)cc1. The summed E-state index contributed by atoms with van der Waals surface area (Å²) in [5.41, 5.74) is 2.25. The first-order valence-electron chi connectivity index (χ1n) is 8.36. The van der Waals surface area contributed by atoms with Gasteiger partial charge in [0, 0.05) is 19.6 Å². The lowest BCUT2D eigenvalue weighted by molar-refractivity contribution is -0.136. The van der Waals surface area contributed by atoms with Crippen molar-refractivity contribution in [2.24, 2.45) is 0 Å². The minimum absolute atomic E-state index is 0.0431. The van der Waals surface area contributed by atoms with Gasteiger partial charge in [-0.05, 0) is 31.7 Å². The van der Waals surface area contributed by atoms with E-state index in [0.717, 1.165) is 25.0 Å². The van der Waals surface area contributed by atoms with E-state index < -0.39 is 0 Å². The van der Waals surface area contributed by atoms with Crippen LogP contribution in [0.3, 0.4) is 0 Å². The second kappa shape index (κ2) is 7.13. The Morgan fingerprint density at radius 3 is 2.78 bits per heavy atom. The van der Waals surface area contributed by atoms with Gasteiger partial charge in [-0.15, -0.1) is 0 Å². The summed E-state index contributed by atoms with van der Waals surface area (Å²) in [6.07, 6.45) is 2.97. The molecule has 5 heteroatoms. The zero-order chi connectivity index (χ0) is 16.2. The molecular formula is C18H24N2O3. The van der Waals surface area contributed by atoms with Crippen molar-refractivity contribution in [3.05, 3.63) is 35.4 Å². The summed E-state index contributed by atoms with van der Waals surface area (Å²) in [5.74, 6) is 0.0177. The van der Waals surface area contributed by atoms with Crippen LogP contribution >= 0.6 is 0 Å². The van der Waals surface area contributed by atoms with Crippen LogP contribution < -0.4 is 5.32 Å². The van der Waals surface area contributed by atoms with Crippen molar-refractivity contribution in [3.8, 4) is 0 Å². The molecule has 124 valence electrons. The fraction of sp³-hybridized carbons (Fsp3) is 0.556. The third-order valence-electron chi connectivity index (χ3n) is 4.61. The van der Waals surface area contributed by atoms with Gasteiger partial charge >= 0.3 is 0 Å². The van der Waals surface area contributed by atoms with E-state index in [9.17, 15) is 9.59 Å². The van der Waals surface area contributed by atoms with Crippen molar-refractivity contribution in [3.63, 3.8) is 0 Å². The molecular weight excluding hydrogens is 292 g/mol. The summed E-state index contributed by atoms with van der Waals surface area (Å²) in [5, 5.41) is 3.05. The molecule has 5 nitrogen and oxygen atoms in total. The number of nitrogens with one attached hydrogen (secondary N) is 1. The Bertz CT molecular complexity index is 564. The van der Waals surface area contributed by atoms with Crippen molar-refractivity contribution in [2.75, 3.05) is 13.2 Å². The number of carbonyl (C=O) groups is 2. The minimum atomic E-state index is -0.356. The fourth-order valence-corrected chi connectivity index (χ4v) is 3.25. The molecule has 2 atom stereocenters. The summed E-state index contributed by atoms with van der Waals surface area (Å²) in [6.45, 7) is 3.88. The van der Waals surface area contributed by atoms with Crippen LogP contribution in [0.1, 0.15) is 36.8 Å². The van der Waals surface area contributed by atoms with Crippen molar-refractivity contribution in [1.82, 2.24) is 10.2 Å². The Kier molecular flexibility index (Phi) is 4.96. The highest BCUT2D eigenvalue weighted by atomic mass is 16.5. The number of rotatable bonds is 4. The molecule has 2 aliphatic rings. The van der Waals surface area contributed by atoms with Crippen molar-refractivity contribution >= 4 is 11.8 Å². The Balaban J connectivity index is 1.64. The van der Waals surface area contributed by atoms with Crippen LogP contribution in [0.15, 0.2) is 24.3 Å². The molecule has 2 aliphatic heterocycles. The Labute approximate surface area is 137 Å². The highest BCUT2D eigenvalue weighted by Gasteiger charge is 2.36. The largest absolute Gasteiger partial charge is 0.379 e. The van der Waals surface area contributed by atoms with E-state index in [1.54, 1.807) is 4.90 Å². The Morgan fingerprint density at radius 2 is 2.09 bits per heavy atom. The topological polar surface area (TPSA) is 58.6 Å². The van der Waals surface area contributed by atoms with Gasteiger partial charge in [-0.2, -0.15) is 0 Å². The highest BCUT2D eigenvalue weighted by molar-refractivity contribution is 5.91. The van der Waals surface area contributed by atoms with Crippen LogP contribution in [-0.4, -0.2) is 42.0 Å². The average Bonchev–Trinajstić information content (AvgIpc) is 2.92. The van der Waals surface area contributed by atoms with E-state index in [0.29, 0.717) is 26.0 Å². The standard InChI is InChI=1S/C18H24N2O3/c1-13-4-6-14(7-5-13)11-20-16(8-9-17(20)21)18(22)19-15-3-2-10-23-12-15/h4-7,15-16H,2-3,8-12H2,1H3,(H,19,22)/t15-,16+/m0/s1. The summed E-state index contributed by atoms with van der Waals surface area (Å²) >= 11 is 0. The molecule has 0 unspecified atom stereocenters. The van der Waals surface area contributed by atoms with E-state index in [2.05, 4.69) is 5.32 Å². The molecule has 0 aromatic heterocycles. The molecule has 23 heavy (non-hydrogen) atoms. The second-order valence-corrected chi connectivity index (χ2v) is 6.48. The zero-order valence-electron chi connectivity index (χ0n) is 13.6. The van der Waals surface area contributed by atoms with Gasteiger partial charge in [0.25, 0.3) is 0 Å². The van der Waals surface area contributed by atoms with Crippen LogP contribution in [0.2, 0.25) is 0 Å². The first-order valence-corrected chi connectivity index (χ1v) is 8.36. The van der Waals surface area contributed by atoms with Gasteiger partial charge in [-0.3, -0.25) is 9.59 Å². The molecule has 2 amide bonds. The van der Waals surface area contributed by atoms with Gasteiger partial charge in [0.1, 0.15) is 6.04 Å². The summed E-state index contributed by atoms with van der Waals surface area (Å²) in [7, 11) is 0. The number of hydrogen-bond acceptors (Lipinski definition) is 3. The second-order valence-electron chi connectivity index (χ2n) is 6.48. The van der Waals surface area contributed by atoms with Gasteiger partial charge in [0.15, 0.2) is 0 Å². The maximum absolute atomic E-state index is 12.6. The van der Waals surface area contributed by atoms with Crippen LogP contribution in [0.5, 0.6) is 0 Å². The van der Waals surface area contributed by atoms with Crippen LogP contribution in [0.4, 0.5) is 0 Å². The summed E-state index contributed by atoms with van der Waals surface area (Å²) in [6, 6.07) is 7.82. The lowest BCUT2D eigenvalue weighted by atomic mass is 10.1. The smallest absolute Gasteiger partial charge is 0.243 e. The Morgan fingerprint density at radius 1 is 1.30 bits per heavy atom. The number of aryl methyl sites for hydroxylation is 1. The molecule has 1 aromatic carbocycles. The molecule has 0 aliphatic carbocycles. The number of amides is 2. The van der Waals surface area contributed by atoms with Gasteiger partial charge < -0.3 is 15.0 Å². The quantitative estimate of drug-likeness (QED) is 0.921. The first kappa shape index (κ1) is 16.0. The molecule has 2 saturated heterocycles. The normalized spacial score (nSPS) is 24.7. The number of likely N-dealkylation sites (tertiary alicyclic amines) is 1. The Hall–Kier alpha value is -1.88. The molecule has 0 bridgehead atoms. The lowest BCUT2D eigenvalue weighted by Gasteiger charge is -2.28. The maximum Gasteiger partial charge on any atom is 0.243 e. The van der Waals surface area contributed by atoms with Gasteiger partial charge in [-0.1, -0.05) is 29.8 Å². The third kappa shape index (κ3) is 3.91. The van der Waals surface area contributed by atoms with Crippen LogP contribution in [0.25, 0.3) is 0 Å². The molecule has 3 rings (SSSR count). The van der Waals surface area contributed by atoms with Crippen LogP contribution in [-0.2, 0) is 20.9 Å². The zero-order valence-corrected chi connectivity index (χ0v) is 13.6. The molecule has 2 fully saturated rings. The first-order chi connectivity index (χ1) is 11.1. The minimum Gasteiger partial charge on any atom is -0.379 e. The number of ether oxygens (including phenoxy) is 1. The van der Waals surface area contributed by atoms with Gasteiger partial charge in [-0.25, -0.2) is 0 Å². The average molecular weight is 316 g/mol. The van der Waals surface area contributed by atoms with Gasteiger partial charge in [0.2, 0.25) is 11.8 Å². The molecule has 0 saturated carbocycles. The van der Waals surface area contributed by atoms with E-state index in [4.69, 9.17) is 4.74 Å². The maximum atomic E-state index is 12.6. The summed E-state index contributed by atoms with van der Waals surface area (Å²) in [4.78, 5) is 26.4. The summed E-state index contributed by atoms with van der Waals surface area (Å²) < 4.78 is 5.41.